The Morgan fingerprint density at radius 1 is 1.35 bits per heavy atom. The SMILES string of the molecule is CCN(CC)C(=O)CCCNCc1cccc(C#N)c1. The second kappa shape index (κ2) is 9.11. The van der Waals surface area contributed by atoms with Crippen molar-refractivity contribution >= 4 is 5.91 Å². The van der Waals surface area contributed by atoms with Crippen LogP contribution in [0.4, 0.5) is 0 Å². The van der Waals surface area contributed by atoms with Crippen LogP contribution in [0.3, 0.4) is 0 Å². The molecule has 0 aliphatic rings. The molecule has 0 spiro atoms. The number of amides is 1. The Balaban J connectivity index is 2.22. The van der Waals surface area contributed by atoms with Crippen molar-refractivity contribution in [3.63, 3.8) is 0 Å². The smallest absolute Gasteiger partial charge is 0.222 e. The van der Waals surface area contributed by atoms with Gasteiger partial charge in [-0.25, -0.2) is 0 Å². The van der Waals surface area contributed by atoms with Gasteiger partial charge in [0.05, 0.1) is 11.6 Å². The van der Waals surface area contributed by atoms with Gasteiger partial charge in [-0.05, 0) is 44.5 Å². The van der Waals surface area contributed by atoms with E-state index in [1.165, 1.54) is 0 Å². The van der Waals surface area contributed by atoms with E-state index in [-0.39, 0.29) is 5.91 Å². The van der Waals surface area contributed by atoms with Gasteiger partial charge in [-0.15, -0.1) is 0 Å². The van der Waals surface area contributed by atoms with Gasteiger partial charge in [-0.3, -0.25) is 4.79 Å². The lowest BCUT2D eigenvalue weighted by Gasteiger charge is -2.18. The third-order valence-corrected chi connectivity index (χ3v) is 3.25. The zero-order valence-corrected chi connectivity index (χ0v) is 12.4. The molecule has 20 heavy (non-hydrogen) atoms. The van der Waals surface area contributed by atoms with Crippen molar-refractivity contribution in [3.8, 4) is 6.07 Å². The fraction of sp³-hybridized carbons (Fsp3) is 0.500. The highest BCUT2D eigenvalue weighted by Gasteiger charge is 2.08. The van der Waals surface area contributed by atoms with E-state index in [0.717, 1.165) is 38.2 Å². The van der Waals surface area contributed by atoms with Crippen LogP contribution in [0.2, 0.25) is 0 Å². The van der Waals surface area contributed by atoms with E-state index in [0.29, 0.717) is 12.0 Å². The maximum Gasteiger partial charge on any atom is 0.222 e. The number of carbonyl (C=O) groups is 1. The quantitative estimate of drug-likeness (QED) is 0.739. The molecule has 0 saturated heterocycles. The van der Waals surface area contributed by atoms with Gasteiger partial charge < -0.3 is 10.2 Å². The second-order valence-corrected chi connectivity index (χ2v) is 4.66. The number of nitriles is 1. The Bertz CT molecular complexity index is 461. The van der Waals surface area contributed by atoms with Gasteiger partial charge in [-0.2, -0.15) is 5.26 Å². The van der Waals surface area contributed by atoms with Crippen LogP contribution in [0.1, 0.15) is 37.8 Å². The summed E-state index contributed by atoms with van der Waals surface area (Å²) < 4.78 is 0. The summed E-state index contributed by atoms with van der Waals surface area (Å²) in [5.41, 5.74) is 1.78. The van der Waals surface area contributed by atoms with Crippen LogP contribution < -0.4 is 5.32 Å². The second-order valence-electron chi connectivity index (χ2n) is 4.66. The average molecular weight is 273 g/mol. The summed E-state index contributed by atoms with van der Waals surface area (Å²) in [4.78, 5) is 13.6. The minimum atomic E-state index is 0.225. The molecule has 0 unspecified atom stereocenters. The number of hydrogen-bond acceptors (Lipinski definition) is 3. The van der Waals surface area contributed by atoms with Crippen LogP contribution >= 0.6 is 0 Å². The molecular weight excluding hydrogens is 250 g/mol. The molecular formula is C16H23N3O. The van der Waals surface area contributed by atoms with Crippen LogP contribution in [0.5, 0.6) is 0 Å². The molecule has 0 aliphatic heterocycles. The topological polar surface area (TPSA) is 56.1 Å². The lowest BCUT2D eigenvalue weighted by Crippen LogP contribution is -2.30. The fourth-order valence-corrected chi connectivity index (χ4v) is 2.08. The fourth-order valence-electron chi connectivity index (χ4n) is 2.08. The molecule has 1 aromatic rings. The first-order chi connectivity index (χ1) is 9.71. The van der Waals surface area contributed by atoms with Crippen LogP contribution in [0, 0.1) is 11.3 Å². The molecule has 0 atom stereocenters. The first-order valence-corrected chi connectivity index (χ1v) is 7.18. The van der Waals surface area contributed by atoms with Crippen molar-refractivity contribution in [2.75, 3.05) is 19.6 Å². The Morgan fingerprint density at radius 3 is 2.75 bits per heavy atom. The molecule has 0 bridgehead atoms. The molecule has 0 radical (unpaired) electrons. The molecule has 1 aromatic carbocycles. The Hall–Kier alpha value is -1.86. The lowest BCUT2D eigenvalue weighted by molar-refractivity contribution is -0.130. The van der Waals surface area contributed by atoms with Crippen molar-refractivity contribution in [2.45, 2.75) is 33.2 Å². The average Bonchev–Trinajstić information content (AvgIpc) is 2.48. The van der Waals surface area contributed by atoms with Crippen molar-refractivity contribution in [2.24, 2.45) is 0 Å². The summed E-state index contributed by atoms with van der Waals surface area (Å²) >= 11 is 0. The summed E-state index contributed by atoms with van der Waals surface area (Å²) in [5.74, 6) is 0.225. The Morgan fingerprint density at radius 2 is 2.10 bits per heavy atom. The highest BCUT2D eigenvalue weighted by molar-refractivity contribution is 5.76. The molecule has 4 nitrogen and oxygen atoms in total. The minimum Gasteiger partial charge on any atom is -0.343 e. The molecule has 1 N–H and O–H groups in total. The van der Waals surface area contributed by atoms with Gasteiger partial charge in [-0.1, -0.05) is 12.1 Å². The Labute approximate surface area is 121 Å². The number of hydrogen-bond donors (Lipinski definition) is 1. The molecule has 0 aliphatic carbocycles. The maximum absolute atomic E-state index is 11.8. The molecule has 4 heteroatoms. The summed E-state index contributed by atoms with van der Waals surface area (Å²) in [7, 11) is 0. The van der Waals surface area contributed by atoms with Crippen LogP contribution in [0.15, 0.2) is 24.3 Å². The summed E-state index contributed by atoms with van der Waals surface area (Å²) in [6.07, 6.45) is 1.43. The van der Waals surface area contributed by atoms with Crippen molar-refractivity contribution in [3.05, 3.63) is 35.4 Å². The number of benzene rings is 1. The third-order valence-electron chi connectivity index (χ3n) is 3.25. The van der Waals surface area contributed by atoms with Gasteiger partial charge in [0, 0.05) is 26.1 Å². The predicted molar refractivity (Wildman–Crippen MR) is 80.0 cm³/mol. The summed E-state index contributed by atoms with van der Waals surface area (Å²) in [6, 6.07) is 9.70. The van der Waals surface area contributed by atoms with Gasteiger partial charge in [0.2, 0.25) is 5.91 Å². The largest absolute Gasteiger partial charge is 0.343 e. The molecule has 108 valence electrons. The summed E-state index contributed by atoms with van der Waals surface area (Å²) in [5, 5.41) is 12.1. The first kappa shape index (κ1) is 16.2. The van der Waals surface area contributed by atoms with Crippen molar-refractivity contribution in [1.82, 2.24) is 10.2 Å². The zero-order valence-electron chi connectivity index (χ0n) is 12.4. The molecule has 1 rings (SSSR count). The standard InChI is InChI=1S/C16H23N3O/c1-3-19(4-2)16(20)9-6-10-18-13-15-8-5-7-14(11-15)12-17/h5,7-8,11,18H,3-4,6,9-10,13H2,1-2H3. The lowest BCUT2D eigenvalue weighted by atomic mass is 10.1. The summed E-state index contributed by atoms with van der Waals surface area (Å²) in [6.45, 7) is 7.11. The van der Waals surface area contributed by atoms with Gasteiger partial charge in [0.25, 0.3) is 0 Å². The van der Waals surface area contributed by atoms with Gasteiger partial charge in [0.15, 0.2) is 0 Å². The molecule has 0 heterocycles. The van der Waals surface area contributed by atoms with E-state index in [4.69, 9.17) is 5.26 Å². The van der Waals surface area contributed by atoms with Crippen LogP contribution in [0.25, 0.3) is 0 Å². The van der Waals surface area contributed by atoms with Crippen molar-refractivity contribution < 1.29 is 4.79 Å². The Kier molecular flexibility index (Phi) is 7.38. The highest BCUT2D eigenvalue weighted by Crippen LogP contribution is 2.04. The van der Waals surface area contributed by atoms with E-state index < -0.39 is 0 Å². The van der Waals surface area contributed by atoms with Crippen LogP contribution in [-0.2, 0) is 11.3 Å². The highest BCUT2D eigenvalue weighted by atomic mass is 16.2. The number of nitrogens with one attached hydrogen (secondary N) is 1. The van der Waals surface area contributed by atoms with E-state index in [9.17, 15) is 4.79 Å². The molecule has 1 amide bonds. The first-order valence-electron chi connectivity index (χ1n) is 7.18. The van der Waals surface area contributed by atoms with E-state index in [1.807, 2.05) is 36.9 Å². The van der Waals surface area contributed by atoms with Gasteiger partial charge >= 0.3 is 0 Å². The molecule has 0 fully saturated rings. The van der Waals surface area contributed by atoms with Gasteiger partial charge in [0.1, 0.15) is 0 Å². The van der Waals surface area contributed by atoms with Crippen molar-refractivity contribution in [1.29, 1.82) is 5.26 Å². The minimum absolute atomic E-state index is 0.225. The molecule has 0 aromatic heterocycles. The van der Waals surface area contributed by atoms with E-state index in [2.05, 4.69) is 11.4 Å². The number of nitrogens with zero attached hydrogens (tertiary/aromatic N) is 2. The predicted octanol–water partition coefficient (Wildman–Crippen LogP) is 2.30. The van der Waals surface area contributed by atoms with E-state index in [1.54, 1.807) is 6.07 Å². The maximum atomic E-state index is 11.8. The monoisotopic (exact) mass is 273 g/mol. The number of carbonyl (C=O) groups excluding carboxylic acids is 1. The molecule has 0 saturated carbocycles. The zero-order chi connectivity index (χ0) is 14.8. The number of rotatable bonds is 8. The normalized spacial score (nSPS) is 10.1. The third kappa shape index (κ3) is 5.41. The van der Waals surface area contributed by atoms with E-state index >= 15 is 0 Å². The van der Waals surface area contributed by atoms with Crippen LogP contribution in [-0.4, -0.2) is 30.4 Å².